The Kier molecular flexibility index (Phi) is 4.91. The molecular formula is C21H20BrNO5. The molecule has 0 bridgehead atoms. The maximum Gasteiger partial charge on any atom is 0.197 e. The van der Waals surface area contributed by atoms with Gasteiger partial charge in [-0.3, -0.25) is 4.79 Å². The van der Waals surface area contributed by atoms with Crippen molar-refractivity contribution in [3.63, 3.8) is 0 Å². The average Bonchev–Trinajstić information content (AvgIpc) is 3.01. The molecule has 0 amide bonds. The molecule has 2 aromatic carbocycles. The van der Waals surface area contributed by atoms with E-state index in [0.29, 0.717) is 23.3 Å². The molecule has 1 saturated heterocycles. The largest absolute Gasteiger partial charge is 0.507 e. The summed E-state index contributed by atoms with van der Waals surface area (Å²) in [5.41, 5.74) is 0.909. The highest BCUT2D eigenvalue weighted by molar-refractivity contribution is 9.10. The first-order valence-corrected chi connectivity index (χ1v) is 9.80. The van der Waals surface area contributed by atoms with E-state index in [-0.39, 0.29) is 41.0 Å². The Morgan fingerprint density at radius 1 is 1.21 bits per heavy atom. The first-order valence-electron chi connectivity index (χ1n) is 9.01. The van der Waals surface area contributed by atoms with Gasteiger partial charge in [-0.15, -0.1) is 0 Å². The molecule has 1 aromatic heterocycles. The van der Waals surface area contributed by atoms with Gasteiger partial charge in [0.25, 0.3) is 0 Å². The SMILES string of the molecule is CN1CC[C@H](c2c(O)cc(O)c3c(=O)cc(-c4ccccc4Br)oc23)[C@H]1CO. The van der Waals surface area contributed by atoms with Crippen molar-refractivity contribution < 1.29 is 19.7 Å². The lowest BCUT2D eigenvalue weighted by Crippen LogP contribution is -2.32. The maximum absolute atomic E-state index is 12.8. The van der Waals surface area contributed by atoms with Gasteiger partial charge in [-0.25, -0.2) is 0 Å². The lowest BCUT2D eigenvalue weighted by Gasteiger charge is -2.24. The lowest BCUT2D eigenvalue weighted by atomic mass is 9.89. The van der Waals surface area contributed by atoms with E-state index in [2.05, 4.69) is 15.9 Å². The molecule has 0 saturated carbocycles. The second kappa shape index (κ2) is 7.24. The van der Waals surface area contributed by atoms with E-state index in [1.54, 1.807) is 0 Å². The minimum atomic E-state index is -0.391. The Hall–Kier alpha value is -2.35. The molecule has 1 aliphatic heterocycles. The van der Waals surface area contributed by atoms with Crippen LogP contribution in [0.4, 0.5) is 0 Å². The number of aliphatic hydroxyl groups excluding tert-OH is 1. The van der Waals surface area contributed by atoms with E-state index in [9.17, 15) is 20.1 Å². The van der Waals surface area contributed by atoms with Crippen molar-refractivity contribution >= 4 is 26.9 Å². The Labute approximate surface area is 169 Å². The highest BCUT2D eigenvalue weighted by Gasteiger charge is 2.36. The molecule has 0 unspecified atom stereocenters. The van der Waals surface area contributed by atoms with Crippen LogP contribution >= 0.6 is 15.9 Å². The van der Waals surface area contributed by atoms with Gasteiger partial charge in [0.15, 0.2) is 5.43 Å². The molecule has 4 rings (SSSR count). The molecule has 28 heavy (non-hydrogen) atoms. The van der Waals surface area contributed by atoms with Crippen LogP contribution in [0.3, 0.4) is 0 Å². The predicted molar refractivity (Wildman–Crippen MR) is 110 cm³/mol. The minimum absolute atomic E-state index is 0.0369. The summed E-state index contributed by atoms with van der Waals surface area (Å²) in [6.07, 6.45) is 0.693. The van der Waals surface area contributed by atoms with Crippen LogP contribution in [-0.4, -0.2) is 46.5 Å². The number of hydrogen-bond donors (Lipinski definition) is 3. The third kappa shape index (κ3) is 2.99. The first-order chi connectivity index (χ1) is 13.4. The highest BCUT2D eigenvalue weighted by atomic mass is 79.9. The molecule has 3 aromatic rings. The standard InChI is InChI=1S/C21H20BrNO5/c1-23-7-6-12(14(23)10-24)19-15(25)8-16(26)20-17(27)9-18(28-21(19)20)11-4-2-3-5-13(11)22/h2-5,8-9,12,14,24-26H,6-7,10H2,1H3/t12-,14+/m0/s1. The average molecular weight is 446 g/mol. The van der Waals surface area contributed by atoms with E-state index >= 15 is 0 Å². The molecule has 3 N–H and O–H groups in total. The summed E-state index contributed by atoms with van der Waals surface area (Å²) in [5.74, 6) is -0.356. The molecule has 0 aliphatic carbocycles. The fraction of sp³-hybridized carbons (Fsp3) is 0.286. The highest BCUT2D eigenvalue weighted by Crippen LogP contribution is 2.44. The van der Waals surface area contributed by atoms with E-state index < -0.39 is 5.43 Å². The lowest BCUT2D eigenvalue weighted by molar-refractivity contribution is 0.172. The number of hydrogen-bond acceptors (Lipinski definition) is 6. The third-order valence-electron chi connectivity index (χ3n) is 5.52. The number of likely N-dealkylation sites (N-methyl/N-ethyl adjacent to an activating group) is 1. The molecule has 0 radical (unpaired) electrons. The molecule has 1 aliphatic rings. The summed E-state index contributed by atoms with van der Waals surface area (Å²) >= 11 is 3.46. The maximum atomic E-state index is 12.8. The summed E-state index contributed by atoms with van der Waals surface area (Å²) in [5, 5.41) is 30.8. The van der Waals surface area contributed by atoms with Gasteiger partial charge in [-0.2, -0.15) is 0 Å². The number of rotatable bonds is 3. The number of likely N-dealkylation sites (tertiary alicyclic amines) is 1. The van der Waals surface area contributed by atoms with Crippen molar-refractivity contribution in [2.75, 3.05) is 20.2 Å². The van der Waals surface area contributed by atoms with Crippen molar-refractivity contribution in [1.82, 2.24) is 4.90 Å². The normalized spacial score (nSPS) is 20.1. The number of benzene rings is 2. The van der Waals surface area contributed by atoms with Crippen LogP contribution in [0.15, 0.2) is 50.1 Å². The van der Waals surface area contributed by atoms with Gasteiger partial charge in [0, 0.05) is 39.7 Å². The summed E-state index contributed by atoms with van der Waals surface area (Å²) in [4.78, 5) is 14.8. The minimum Gasteiger partial charge on any atom is -0.507 e. The predicted octanol–water partition coefficient (Wildman–Crippen LogP) is 3.41. The summed E-state index contributed by atoms with van der Waals surface area (Å²) < 4.78 is 6.85. The van der Waals surface area contributed by atoms with Crippen LogP contribution < -0.4 is 5.43 Å². The van der Waals surface area contributed by atoms with Crippen LogP contribution in [0.25, 0.3) is 22.3 Å². The Bertz CT molecular complexity index is 1110. The number of fused-ring (bicyclic) bond motifs is 1. The molecule has 2 atom stereocenters. The van der Waals surface area contributed by atoms with Gasteiger partial charge in [-0.05, 0) is 26.1 Å². The molecule has 7 heteroatoms. The number of halogens is 1. The quantitative estimate of drug-likeness (QED) is 0.571. The summed E-state index contributed by atoms with van der Waals surface area (Å²) in [6.45, 7) is 0.656. The van der Waals surface area contributed by atoms with Gasteiger partial charge in [-0.1, -0.05) is 34.1 Å². The zero-order chi connectivity index (χ0) is 20.0. The fourth-order valence-electron chi connectivity index (χ4n) is 4.09. The summed E-state index contributed by atoms with van der Waals surface area (Å²) in [7, 11) is 1.91. The zero-order valence-corrected chi connectivity index (χ0v) is 16.8. The van der Waals surface area contributed by atoms with Crippen LogP contribution in [0.2, 0.25) is 0 Å². The van der Waals surface area contributed by atoms with Crippen LogP contribution in [0, 0.1) is 0 Å². The molecule has 2 heterocycles. The zero-order valence-electron chi connectivity index (χ0n) is 15.2. The van der Waals surface area contributed by atoms with Crippen molar-refractivity contribution in [2.45, 2.75) is 18.4 Å². The van der Waals surface area contributed by atoms with E-state index in [1.165, 1.54) is 12.1 Å². The van der Waals surface area contributed by atoms with Gasteiger partial charge in [0.2, 0.25) is 0 Å². The monoisotopic (exact) mass is 445 g/mol. The van der Waals surface area contributed by atoms with Crippen molar-refractivity contribution in [1.29, 1.82) is 0 Å². The topological polar surface area (TPSA) is 94.1 Å². The summed E-state index contributed by atoms with van der Waals surface area (Å²) in [6, 6.07) is 9.66. The van der Waals surface area contributed by atoms with Gasteiger partial charge in [0.05, 0.1) is 6.61 Å². The number of phenols is 2. The Morgan fingerprint density at radius 2 is 1.96 bits per heavy atom. The number of aliphatic hydroxyl groups is 1. The van der Waals surface area contributed by atoms with Crippen molar-refractivity contribution in [3.8, 4) is 22.8 Å². The number of phenolic OH excluding ortho intramolecular Hbond substituents is 2. The fourth-order valence-corrected chi connectivity index (χ4v) is 4.57. The molecule has 1 fully saturated rings. The van der Waals surface area contributed by atoms with Gasteiger partial charge >= 0.3 is 0 Å². The molecule has 146 valence electrons. The van der Waals surface area contributed by atoms with E-state index in [0.717, 1.165) is 11.0 Å². The number of aromatic hydroxyl groups is 2. The van der Waals surface area contributed by atoms with Crippen molar-refractivity contribution in [2.24, 2.45) is 0 Å². The second-order valence-electron chi connectivity index (χ2n) is 7.11. The second-order valence-corrected chi connectivity index (χ2v) is 7.97. The first kappa shape index (κ1) is 19.0. The van der Waals surface area contributed by atoms with E-state index in [4.69, 9.17) is 4.42 Å². The smallest absolute Gasteiger partial charge is 0.197 e. The Morgan fingerprint density at radius 3 is 2.68 bits per heavy atom. The van der Waals surface area contributed by atoms with Gasteiger partial charge in [0.1, 0.15) is 28.2 Å². The van der Waals surface area contributed by atoms with Crippen LogP contribution in [0.1, 0.15) is 17.9 Å². The third-order valence-corrected chi connectivity index (χ3v) is 6.21. The molecule has 6 nitrogen and oxygen atoms in total. The van der Waals surface area contributed by atoms with E-state index in [1.807, 2.05) is 36.2 Å². The van der Waals surface area contributed by atoms with Crippen LogP contribution in [-0.2, 0) is 0 Å². The number of nitrogens with zero attached hydrogens (tertiary/aromatic N) is 1. The Balaban J connectivity index is 2.03. The van der Waals surface area contributed by atoms with Gasteiger partial charge < -0.3 is 24.6 Å². The van der Waals surface area contributed by atoms with Crippen LogP contribution in [0.5, 0.6) is 11.5 Å². The van der Waals surface area contributed by atoms with Crippen molar-refractivity contribution in [3.05, 3.63) is 56.7 Å². The molecular weight excluding hydrogens is 426 g/mol. The molecule has 0 spiro atoms.